The smallest absolute Gasteiger partial charge is 0.141 e. The highest BCUT2D eigenvalue weighted by Crippen LogP contribution is 2.23. The molecule has 4 nitrogen and oxygen atoms in total. The number of anilines is 1. The topological polar surface area (TPSA) is 56.7 Å². The fraction of sp³-hybridized carbons (Fsp3) is 0.333. The number of nitrogen functional groups attached to an aromatic ring is 1. The van der Waals surface area contributed by atoms with Gasteiger partial charge in [-0.2, -0.15) is 5.10 Å². The molecule has 80 valence electrons. The molecule has 0 spiro atoms. The summed E-state index contributed by atoms with van der Waals surface area (Å²) in [6, 6.07) is 0. The third kappa shape index (κ3) is 1.98. The Hall–Kier alpha value is -1.07. The molecule has 0 aliphatic heterocycles. The first-order valence-corrected chi connectivity index (χ1v) is 5.73. The van der Waals surface area contributed by atoms with Crippen molar-refractivity contribution in [3.8, 4) is 0 Å². The molecule has 0 fully saturated rings. The van der Waals surface area contributed by atoms with Crippen molar-refractivity contribution >= 4 is 28.8 Å². The largest absolute Gasteiger partial charge is 0.383 e. The Morgan fingerprint density at radius 3 is 2.73 bits per heavy atom. The fourth-order valence-electron chi connectivity index (χ4n) is 1.33. The van der Waals surface area contributed by atoms with Gasteiger partial charge < -0.3 is 5.73 Å². The van der Waals surface area contributed by atoms with Gasteiger partial charge >= 0.3 is 0 Å². The minimum atomic E-state index is 0.500. The van der Waals surface area contributed by atoms with E-state index in [0.29, 0.717) is 17.4 Å². The van der Waals surface area contributed by atoms with Gasteiger partial charge in [0.05, 0.1) is 22.9 Å². The molecule has 0 aliphatic carbocycles. The van der Waals surface area contributed by atoms with Gasteiger partial charge in [-0.15, -0.1) is 11.3 Å². The number of nitrogens with zero attached hydrogens (tertiary/aromatic N) is 3. The normalized spacial score (nSPS) is 10.9. The van der Waals surface area contributed by atoms with Crippen LogP contribution < -0.4 is 5.73 Å². The van der Waals surface area contributed by atoms with Crippen LogP contribution in [0.1, 0.15) is 16.4 Å². The average Bonchev–Trinajstić information content (AvgIpc) is 2.68. The van der Waals surface area contributed by atoms with Gasteiger partial charge in [-0.25, -0.2) is 9.67 Å². The van der Waals surface area contributed by atoms with Gasteiger partial charge in [0, 0.05) is 5.38 Å². The van der Waals surface area contributed by atoms with Gasteiger partial charge in [0.25, 0.3) is 0 Å². The predicted molar refractivity (Wildman–Crippen MR) is 62.3 cm³/mol. The summed E-state index contributed by atoms with van der Waals surface area (Å²) in [7, 11) is 0. The molecule has 0 atom stereocenters. The molecular weight excluding hydrogens is 232 g/mol. The summed E-state index contributed by atoms with van der Waals surface area (Å²) in [5.74, 6) is 0.500. The Bertz CT molecular complexity index is 488. The number of hydrogen-bond donors (Lipinski definition) is 1. The summed E-state index contributed by atoms with van der Waals surface area (Å²) in [6.07, 6.45) is 0. The van der Waals surface area contributed by atoms with Gasteiger partial charge in [0.1, 0.15) is 10.8 Å². The highest BCUT2D eigenvalue weighted by molar-refractivity contribution is 7.09. The van der Waals surface area contributed by atoms with Crippen LogP contribution in [-0.4, -0.2) is 14.8 Å². The zero-order valence-corrected chi connectivity index (χ0v) is 10.1. The minimum Gasteiger partial charge on any atom is -0.383 e. The Morgan fingerprint density at radius 2 is 2.27 bits per heavy atom. The number of rotatable bonds is 2. The van der Waals surface area contributed by atoms with E-state index in [9.17, 15) is 0 Å². The second-order valence-electron chi connectivity index (χ2n) is 3.30. The quantitative estimate of drug-likeness (QED) is 0.879. The van der Waals surface area contributed by atoms with Crippen LogP contribution in [-0.2, 0) is 6.54 Å². The van der Waals surface area contributed by atoms with E-state index in [0.717, 1.165) is 16.4 Å². The van der Waals surface area contributed by atoms with E-state index in [1.807, 2.05) is 19.2 Å². The van der Waals surface area contributed by atoms with E-state index >= 15 is 0 Å². The third-order valence-electron chi connectivity index (χ3n) is 2.07. The maximum Gasteiger partial charge on any atom is 0.141 e. The zero-order valence-electron chi connectivity index (χ0n) is 8.49. The number of aromatic nitrogens is 3. The van der Waals surface area contributed by atoms with Crippen molar-refractivity contribution in [3.05, 3.63) is 26.8 Å². The molecule has 2 aromatic heterocycles. The van der Waals surface area contributed by atoms with Crippen LogP contribution in [0.3, 0.4) is 0 Å². The molecule has 0 radical (unpaired) electrons. The van der Waals surface area contributed by atoms with Crippen LogP contribution in [0.5, 0.6) is 0 Å². The molecule has 2 rings (SSSR count). The summed E-state index contributed by atoms with van der Waals surface area (Å²) in [4.78, 5) is 4.35. The minimum absolute atomic E-state index is 0.500. The summed E-state index contributed by atoms with van der Waals surface area (Å²) in [5.41, 5.74) is 7.51. The number of aryl methyl sites for hydroxylation is 2. The molecule has 0 unspecified atom stereocenters. The highest BCUT2D eigenvalue weighted by atomic mass is 35.5. The summed E-state index contributed by atoms with van der Waals surface area (Å²) in [5, 5.41) is 7.81. The number of nitrogens with two attached hydrogens (primary N) is 1. The lowest BCUT2D eigenvalue weighted by molar-refractivity contribution is 0.677. The van der Waals surface area contributed by atoms with Gasteiger partial charge in [0.15, 0.2) is 0 Å². The molecule has 6 heteroatoms. The van der Waals surface area contributed by atoms with E-state index in [1.54, 1.807) is 16.0 Å². The second-order valence-corrected chi connectivity index (χ2v) is 4.74. The van der Waals surface area contributed by atoms with Crippen molar-refractivity contribution in [2.75, 3.05) is 5.73 Å². The Morgan fingerprint density at radius 1 is 1.53 bits per heavy atom. The van der Waals surface area contributed by atoms with Crippen LogP contribution in [0.25, 0.3) is 0 Å². The molecule has 2 heterocycles. The Kier molecular flexibility index (Phi) is 2.67. The molecule has 0 amide bonds. The van der Waals surface area contributed by atoms with Crippen LogP contribution in [0.4, 0.5) is 5.82 Å². The predicted octanol–water partition coefficient (Wildman–Crippen LogP) is 2.24. The maximum absolute atomic E-state index is 5.94. The molecule has 0 saturated carbocycles. The van der Waals surface area contributed by atoms with Gasteiger partial charge in [-0.3, -0.25) is 0 Å². The van der Waals surface area contributed by atoms with Crippen LogP contribution in [0.15, 0.2) is 5.38 Å². The zero-order chi connectivity index (χ0) is 11.0. The van der Waals surface area contributed by atoms with Gasteiger partial charge in [0.2, 0.25) is 0 Å². The standard InChI is InChI=1S/C9H11ClN4S/c1-5-8(10)9(11)14(13-5)3-7-4-15-6(2)12-7/h4H,3,11H2,1-2H3. The maximum atomic E-state index is 5.94. The van der Waals surface area contributed by atoms with Crippen molar-refractivity contribution in [1.29, 1.82) is 0 Å². The van der Waals surface area contributed by atoms with Crippen LogP contribution >= 0.6 is 22.9 Å². The van der Waals surface area contributed by atoms with Crippen molar-refractivity contribution in [2.45, 2.75) is 20.4 Å². The van der Waals surface area contributed by atoms with Gasteiger partial charge in [-0.05, 0) is 13.8 Å². The number of hydrogen-bond acceptors (Lipinski definition) is 4. The summed E-state index contributed by atoms with van der Waals surface area (Å²) in [6.45, 7) is 4.38. The molecule has 15 heavy (non-hydrogen) atoms. The molecule has 2 aromatic rings. The van der Waals surface area contributed by atoms with Crippen molar-refractivity contribution in [1.82, 2.24) is 14.8 Å². The van der Waals surface area contributed by atoms with Crippen molar-refractivity contribution in [3.63, 3.8) is 0 Å². The third-order valence-corrected chi connectivity index (χ3v) is 3.36. The molecule has 0 saturated heterocycles. The van der Waals surface area contributed by atoms with E-state index in [4.69, 9.17) is 17.3 Å². The monoisotopic (exact) mass is 242 g/mol. The SMILES string of the molecule is Cc1nc(Cn2nc(C)c(Cl)c2N)cs1. The first-order valence-electron chi connectivity index (χ1n) is 4.47. The molecular formula is C9H11ClN4S. The van der Waals surface area contributed by atoms with Crippen molar-refractivity contribution < 1.29 is 0 Å². The first kappa shape index (κ1) is 10.4. The Balaban J connectivity index is 2.28. The molecule has 0 bridgehead atoms. The molecule has 0 aliphatic rings. The van der Waals surface area contributed by atoms with Crippen LogP contribution in [0, 0.1) is 13.8 Å². The van der Waals surface area contributed by atoms with E-state index in [2.05, 4.69) is 10.1 Å². The summed E-state index contributed by atoms with van der Waals surface area (Å²) >= 11 is 7.56. The van der Waals surface area contributed by atoms with Crippen LogP contribution in [0.2, 0.25) is 5.02 Å². The first-order chi connectivity index (χ1) is 7.08. The lowest BCUT2D eigenvalue weighted by atomic mass is 10.4. The lowest BCUT2D eigenvalue weighted by Gasteiger charge is -2.00. The summed E-state index contributed by atoms with van der Waals surface area (Å²) < 4.78 is 1.67. The number of thiazole rings is 1. The van der Waals surface area contributed by atoms with Gasteiger partial charge in [-0.1, -0.05) is 11.6 Å². The van der Waals surface area contributed by atoms with E-state index in [-0.39, 0.29) is 0 Å². The highest BCUT2D eigenvalue weighted by Gasteiger charge is 2.11. The van der Waals surface area contributed by atoms with E-state index in [1.165, 1.54) is 0 Å². The second kappa shape index (κ2) is 3.83. The molecule has 0 aromatic carbocycles. The van der Waals surface area contributed by atoms with E-state index < -0.39 is 0 Å². The Labute approximate surface area is 96.7 Å². The lowest BCUT2D eigenvalue weighted by Crippen LogP contribution is -2.06. The van der Waals surface area contributed by atoms with Crippen molar-refractivity contribution in [2.24, 2.45) is 0 Å². The molecule has 2 N–H and O–H groups in total. The average molecular weight is 243 g/mol. The number of halogens is 1. The fourth-order valence-corrected chi connectivity index (χ4v) is 2.07.